The SMILES string of the molecule is CC(C)c1ccc(C2(O)CC3CCC(C2)N3C(=O)OC(C)(C)C)cc1. The summed E-state index contributed by atoms with van der Waals surface area (Å²) in [6, 6.07) is 8.45. The highest BCUT2D eigenvalue weighted by Crippen LogP contribution is 2.46. The lowest BCUT2D eigenvalue weighted by atomic mass is 9.80. The van der Waals surface area contributed by atoms with E-state index in [-0.39, 0.29) is 18.2 Å². The predicted octanol–water partition coefficient (Wildman–Crippen LogP) is 4.56. The van der Waals surface area contributed by atoms with Crippen molar-refractivity contribution in [3.8, 4) is 0 Å². The number of fused-ring (bicyclic) bond motifs is 2. The van der Waals surface area contributed by atoms with E-state index >= 15 is 0 Å². The summed E-state index contributed by atoms with van der Waals surface area (Å²) < 4.78 is 5.58. The largest absolute Gasteiger partial charge is 0.444 e. The van der Waals surface area contributed by atoms with E-state index in [1.807, 2.05) is 25.7 Å². The van der Waals surface area contributed by atoms with Crippen molar-refractivity contribution in [3.05, 3.63) is 35.4 Å². The second-order valence-electron chi connectivity index (χ2n) is 8.99. The van der Waals surface area contributed by atoms with Gasteiger partial charge in [-0.2, -0.15) is 0 Å². The minimum absolute atomic E-state index is 0.0587. The van der Waals surface area contributed by atoms with Gasteiger partial charge in [0.2, 0.25) is 0 Å². The number of aliphatic hydroxyl groups is 1. The molecule has 2 aliphatic rings. The number of ether oxygens (including phenoxy) is 1. The Hall–Kier alpha value is -1.55. The summed E-state index contributed by atoms with van der Waals surface area (Å²) in [6.07, 6.45) is 2.82. The predicted molar refractivity (Wildman–Crippen MR) is 98.5 cm³/mol. The van der Waals surface area contributed by atoms with E-state index in [1.54, 1.807) is 0 Å². The average Bonchev–Trinajstić information content (AvgIpc) is 2.78. The topological polar surface area (TPSA) is 49.8 Å². The molecule has 2 heterocycles. The Bertz CT molecular complexity index is 616. The molecule has 2 saturated heterocycles. The molecule has 3 rings (SSSR count). The van der Waals surface area contributed by atoms with Gasteiger partial charge in [-0.1, -0.05) is 38.1 Å². The van der Waals surface area contributed by atoms with Gasteiger partial charge in [-0.15, -0.1) is 0 Å². The smallest absolute Gasteiger partial charge is 0.410 e. The van der Waals surface area contributed by atoms with E-state index in [0.717, 1.165) is 18.4 Å². The second kappa shape index (κ2) is 6.31. The molecule has 4 heteroatoms. The van der Waals surface area contributed by atoms with Crippen molar-refractivity contribution in [2.24, 2.45) is 0 Å². The number of amides is 1. The quantitative estimate of drug-likeness (QED) is 0.855. The van der Waals surface area contributed by atoms with Crippen LogP contribution in [0.3, 0.4) is 0 Å². The van der Waals surface area contributed by atoms with Gasteiger partial charge in [0.15, 0.2) is 0 Å². The zero-order chi connectivity index (χ0) is 18.4. The van der Waals surface area contributed by atoms with Crippen LogP contribution in [0, 0.1) is 0 Å². The number of benzene rings is 1. The third-order valence-electron chi connectivity index (χ3n) is 5.49. The molecular formula is C21H31NO3. The van der Waals surface area contributed by atoms with Crippen LogP contribution >= 0.6 is 0 Å². The van der Waals surface area contributed by atoms with Crippen molar-refractivity contribution < 1.29 is 14.6 Å². The molecule has 0 saturated carbocycles. The van der Waals surface area contributed by atoms with Gasteiger partial charge in [-0.05, 0) is 50.7 Å². The van der Waals surface area contributed by atoms with Crippen LogP contribution in [0.5, 0.6) is 0 Å². The van der Waals surface area contributed by atoms with E-state index < -0.39 is 11.2 Å². The van der Waals surface area contributed by atoms with Crippen LogP contribution in [-0.4, -0.2) is 33.8 Å². The van der Waals surface area contributed by atoms with Crippen molar-refractivity contribution in [2.45, 2.75) is 89.5 Å². The number of rotatable bonds is 2. The summed E-state index contributed by atoms with van der Waals surface area (Å²) in [6.45, 7) is 10.0. The highest BCUT2D eigenvalue weighted by atomic mass is 16.6. The number of hydrogen-bond donors (Lipinski definition) is 1. The van der Waals surface area contributed by atoms with Crippen LogP contribution < -0.4 is 0 Å². The summed E-state index contributed by atoms with van der Waals surface area (Å²) in [5.41, 5.74) is 0.913. The first-order valence-electron chi connectivity index (χ1n) is 9.43. The van der Waals surface area contributed by atoms with Gasteiger partial charge in [0, 0.05) is 24.9 Å². The molecule has 4 nitrogen and oxygen atoms in total. The van der Waals surface area contributed by atoms with Gasteiger partial charge in [0.1, 0.15) is 5.60 Å². The molecule has 2 atom stereocenters. The van der Waals surface area contributed by atoms with Crippen LogP contribution in [0.25, 0.3) is 0 Å². The molecule has 1 amide bonds. The maximum atomic E-state index is 12.6. The molecular weight excluding hydrogens is 314 g/mol. The molecule has 138 valence electrons. The van der Waals surface area contributed by atoms with Crippen LogP contribution in [0.1, 0.15) is 77.3 Å². The minimum atomic E-state index is -0.847. The Kier molecular flexibility index (Phi) is 4.61. The van der Waals surface area contributed by atoms with Crippen LogP contribution in [0.2, 0.25) is 0 Å². The molecule has 2 fully saturated rings. The first-order chi connectivity index (χ1) is 11.6. The fourth-order valence-corrected chi connectivity index (χ4v) is 4.25. The maximum Gasteiger partial charge on any atom is 0.410 e. The van der Waals surface area contributed by atoms with Crippen LogP contribution in [0.4, 0.5) is 4.79 Å². The Morgan fingerprint density at radius 3 is 2.12 bits per heavy atom. The number of nitrogens with zero attached hydrogens (tertiary/aromatic N) is 1. The lowest BCUT2D eigenvalue weighted by Crippen LogP contribution is -2.53. The van der Waals surface area contributed by atoms with Crippen LogP contribution in [-0.2, 0) is 10.3 Å². The van der Waals surface area contributed by atoms with E-state index in [9.17, 15) is 9.90 Å². The zero-order valence-electron chi connectivity index (χ0n) is 16.1. The van der Waals surface area contributed by atoms with E-state index in [4.69, 9.17) is 4.74 Å². The maximum absolute atomic E-state index is 12.6. The van der Waals surface area contributed by atoms with Gasteiger partial charge in [-0.3, -0.25) is 0 Å². The molecule has 2 bridgehead atoms. The lowest BCUT2D eigenvalue weighted by molar-refractivity contribution is -0.0624. The summed E-state index contributed by atoms with van der Waals surface area (Å²) in [4.78, 5) is 14.4. The summed E-state index contributed by atoms with van der Waals surface area (Å²) in [7, 11) is 0. The first kappa shape index (κ1) is 18.2. The molecule has 0 aromatic heterocycles. The number of carbonyl (C=O) groups is 1. The highest BCUT2D eigenvalue weighted by Gasteiger charge is 2.51. The minimum Gasteiger partial charge on any atom is -0.444 e. The lowest BCUT2D eigenvalue weighted by Gasteiger charge is -2.44. The van der Waals surface area contributed by atoms with Crippen molar-refractivity contribution >= 4 is 6.09 Å². The number of hydrogen-bond acceptors (Lipinski definition) is 3. The molecule has 0 aliphatic carbocycles. The van der Waals surface area contributed by atoms with E-state index in [2.05, 4.69) is 38.1 Å². The first-order valence-corrected chi connectivity index (χ1v) is 9.43. The molecule has 1 aromatic carbocycles. The van der Waals surface area contributed by atoms with Gasteiger partial charge in [0.05, 0.1) is 5.60 Å². The van der Waals surface area contributed by atoms with Crippen molar-refractivity contribution in [1.82, 2.24) is 4.90 Å². The monoisotopic (exact) mass is 345 g/mol. The molecule has 2 unspecified atom stereocenters. The Labute approximate surface area is 151 Å². The third-order valence-corrected chi connectivity index (χ3v) is 5.49. The van der Waals surface area contributed by atoms with E-state index in [0.29, 0.717) is 18.8 Å². The fourth-order valence-electron chi connectivity index (χ4n) is 4.25. The summed E-state index contributed by atoms with van der Waals surface area (Å²) >= 11 is 0. The van der Waals surface area contributed by atoms with Gasteiger partial charge in [-0.25, -0.2) is 4.79 Å². The Balaban J connectivity index is 1.77. The molecule has 1 aromatic rings. The molecule has 2 aliphatic heterocycles. The number of piperidine rings is 1. The van der Waals surface area contributed by atoms with Crippen molar-refractivity contribution in [1.29, 1.82) is 0 Å². The summed E-state index contributed by atoms with van der Waals surface area (Å²) in [5.74, 6) is 0.480. The average molecular weight is 345 g/mol. The Morgan fingerprint density at radius 1 is 1.16 bits per heavy atom. The summed E-state index contributed by atoms with van der Waals surface area (Å²) in [5, 5.41) is 11.3. The van der Waals surface area contributed by atoms with Crippen molar-refractivity contribution in [3.63, 3.8) is 0 Å². The van der Waals surface area contributed by atoms with E-state index in [1.165, 1.54) is 5.56 Å². The fraction of sp³-hybridized carbons (Fsp3) is 0.667. The zero-order valence-corrected chi connectivity index (χ0v) is 16.1. The Morgan fingerprint density at radius 2 is 1.68 bits per heavy atom. The van der Waals surface area contributed by atoms with Gasteiger partial charge in [0.25, 0.3) is 0 Å². The normalized spacial score (nSPS) is 29.2. The molecule has 25 heavy (non-hydrogen) atoms. The third kappa shape index (κ3) is 3.69. The standard InChI is InChI=1S/C21H31NO3/c1-14(2)15-6-8-16(9-7-15)21(24)12-17-10-11-18(13-21)22(17)19(23)25-20(3,4)5/h6-9,14,17-18,24H,10-13H2,1-5H3. The van der Waals surface area contributed by atoms with Gasteiger partial charge >= 0.3 is 6.09 Å². The highest BCUT2D eigenvalue weighted by molar-refractivity contribution is 5.69. The molecule has 0 spiro atoms. The molecule has 0 radical (unpaired) electrons. The molecule has 1 N–H and O–H groups in total. The van der Waals surface area contributed by atoms with Crippen LogP contribution in [0.15, 0.2) is 24.3 Å². The number of carbonyl (C=O) groups excluding carboxylic acids is 1. The second-order valence-corrected chi connectivity index (χ2v) is 8.99. The van der Waals surface area contributed by atoms with Gasteiger partial charge < -0.3 is 14.7 Å². The van der Waals surface area contributed by atoms with Crippen molar-refractivity contribution in [2.75, 3.05) is 0 Å².